The first-order chi connectivity index (χ1) is 11.4. The summed E-state index contributed by atoms with van der Waals surface area (Å²) < 4.78 is 31.2. The highest BCUT2D eigenvalue weighted by Crippen LogP contribution is 2.34. The predicted molar refractivity (Wildman–Crippen MR) is 92.7 cm³/mol. The van der Waals surface area contributed by atoms with Gasteiger partial charge in [-0.15, -0.1) is 0 Å². The van der Waals surface area contributed by atoms with E-state index in [9.17, 15) is 13.2 Å². The number of fused-ring (bicyclic) bond motifs is 1. The number of benzene rings is 1. The summed E-state index contributed by atoms with van der Waals surface area (Å²) in [5.74, 6) is 0.195. The number of rotatable bonds is 3. The van der Waals surface area contributed by atoms with Gasteiger partial charge < -0.3 is 10.1 Å². The summed E-state index contributed by atoms with van der Waals surface area (Å²) in [7, 11) is -3.47. The molecule has 6 nitrogen and oxygen atoms in total. The maximum atomic E-state index is 12.6. The third kappa shape index (κ3) is 3.83. The van der Waals surface area contributed by atoms with Crippen molar-refractivity contribution in [3.63, 3.8) is 0 Å². The molecule has 1 N–H and O–H groups in total. The van der Waals surface area contributed by atoms with Crippen LogP contribution in [0.25, 0.3) is 0 Å². The number of para-hydroxylation sites is 2. The van der Waals surface area contributed by atoms with Gasteiger partial charge in [0.1, 0.15) is 5.75 Å². The molecule has 1 aliphatic heterocycles. The molecular weight excluding hydrogens is 328 g/mol. The molecule has 1 amide bonds. The smallest absolute Gasteiger partial charge is 0.263 e. The summed E-state index contributed by atoms with van der Waals surface area (Å²) in [6.07, 6.45) is 6.94. The number of carbonyl (C=O) groups is 1. The SMILES string of the molecule is CS(=O)(=O)N1CC(C(=O)NC2CCCCCC2)Oc2ccccc21. The van der Waals surface area contributed by atoms with Gasteiger partial charge in [-0.1, -0.05) is 37.8 Å². The number of carbonyl (C=O) groups excluding carboxylic acids is 1. The quantitative estimate of drug-likeness (QED) is 0.845. The predicted octanol–water partition coefficient (Wildman–Crippen LogP) is 2.05. The molecule has 1 aromatic rings. The molecule has 1 atom stereocenters. The van der Waals surface area contributed by atoms with Crippen LogP contribution in [0.1, 0.15) is 38.5 Å². The third-order valence-corrected chi connectivity index (χ3v) is 5.78. The molecule has 0 radical (unpaired) electrons. The molecule has 2 aliphatic rings. The van der Waals surface area contributed by atoms with Crippen LogP contribution in [0.15, 0.2) is 24.3 Å². The lowest BCUT2D eigenvalue weighted by Gasteiger charge is -2.34. The summed E-state index contributed by atoms with van der Waals surface area (Å²) in [6, 6.07) is 7.07. The Balaban J connectivity index is 1.76. The lowest BCUT2D eigenvalue weighted by Crippen LogP contribution is -2.52. The van der Waals surface area contributed by atoms with Crippen LogP contribution in [0.3, 0.4) is 0 Å². The van der Waals surface area contributed by atoms with Gasteiger partial charge in [-0.2, -0.15) is 0 Å². The number of ether oxygens (including phenoxy) is 1. The van der Waals surface area contributed by atoms with Gasteiger partial charge in [0.2, 0.25) is 10.0 Å². The molecule has 0 aromatic heterocycles. The minimum atomic E-state index is -3.47. The van der Waals surface area contributed by atoms with E-state index >= 15 is 0 Å². The van der Waals surface area contributed by atoms with Gasteiger partial charge in [0.15, 0.2) is 6.10 Å². The Kier molecular flexibility index (Phi) is 4.99. The Hall–Kier alpha value is -1.76. The maximum Gasteiger partial charge on any atom is 0.263 e. The highest BCUT2D eigenvalue weighted by molar-refractivity contribution is 7.92. The second-order valence-electron chi connectivity index (χ2n) is 6.57. The lowest BCUT2D eigenvalue weighted by atomic mass is 10.1. The van der Waals surface area contributed by atoms with E-state index in [-0.39, 0.29) is 18.5 Å². The van der Waals surface area contributed by atoms with E-state index in [0.29, 0.717) is 11.4 Å². The van der Waals surface area contributed by atoms with Gasteiger partial charge in [-0.25, -0.2) is 8.42 Å². The standard InChI is InChI=1S/C17H24N2O4S/c1-24(21,22)19-12-16(23-15-11-7-6-10-14(15)19)17(20)18-13-8-4-2-3-5-9-13/h6-7,10-11,13,16H,2-5,8-9,12H2,1H3,(H,18,20). The van der Waals surface area contributed by atoms with E-state index in [1.807, 2.05) is 0 Å². The Labute approximate surface area is 143 Å². The molecule has 3 rings (SSSR count). The average molecular weight is 352 g/mol. The summed E-state index contributed by atoms with van der Waals surface area (Å²) in [4.78, 5) is 12.6. The number of hydrogen-bond donors (Lipinski definition) is 1. The van der Waals surface area contributed by atoms with Gasteiger partial charge in [-0.3, -0.25) is 9.10 Å². The first-order valence-electron chi connectivity index (χ1n) is 8.49. The van der Waals surface area contributed by atoms with Crippen molar-refractivity contribution in [1.29, 1.82) is 0 Å². The summed E-state index contributed by atoms with van der Waals surface area (Å²) in [5.41, 5.74) is 0.485. The van der Waals surface area contributed by atoms with E-state index < -0.39 is 16.1 Å². The third-order valence-electron chi connectivity index (χ3n) is 4.63. The number of sulfonamides is 1. The summed E-state index contributed by atoms with van der Waals surface area (Å²) >= 11 is 0. The summed E-state index contributed by atoms with van der Waals surface area (Å²) in [6.45, 7) is 0.00833. The first-order valence-corrected chi connectivity index (χ1v) is 10.3. The molecule has 1 fully saturated rings. The minimum Gasteiger partial charge on any atom is -0.476 e. The molecule has 1 aliphatic carbocycles. The molecule has 132 valence electrons. The zero-order valence-corrected chi connectivity index (χ0v) is 14.7. The van der Waals surface area contributed by atoms with Gasteiger partial charge in [0, 0.05) is 6.04 Å². The van der Waals surface area contributed by atoms with Crippen molar-refractivity contribution in [2.75, 3.05) is 17.1 Å². The zero-order chi connectivity index (χ0) is 17.2. The topological polar surface area (TPSA) is 75.7 Å². The Morgan fingerprint density at radius 1 is 1.17 bits per heavy atom. The van der Waals surface area contributed by atoms with Crippen molar-refractivity contribution >= 4 is 21.6 Å². The highest BCUT2D eigenvalue weighted by Gasteiger charge is 2.35. The van der Waals surface area contributed by atoms with Crippen LogP contribution in [-0.2, 0) is 14.8 Å². The van der Waals surface area contributed by atoms with Crippen molar-refractivity contribution in [2.45, 2.75) is 50.7 Å². The Morgan fingerprint density at radius 2 is 1.83 bits per heavy atom. The highest BCUT2D eigenvalue weighted by atomic mass is 32.2. The van der Waals surface area contributed by atoms with Crippen molar-refractivity contribution in [1.82, 2.24) is 5.32 Å². The maximum absolute atomic E-state index is 12.6. The van der Waals surface area contributed by atoms with Crippen LogP contribution < -0.4 is 14.4 Å². The molecule has 1 unspecified atom stereocenters. The molecule has 0 spiro atoms. The Bertz CT molecular complexity index is 696. The Morgan fingerprint density at radius 3 is 2.50 bits per heavy atom. The zero-order valence-electron chi connectivity index (χ0n) is 13.9. The number of nitrogens with zero attached hydrogens (tertiary/aromatic N) is 1. The largest absolute Gasteiger partial charge is 0.476 e. The second kappa shape index (κ2) is 7.01. The fraction of sp³-hybridized carbons (Fsp3) is 0.588. The van der Waals surface area contributed by atoms with Crippen LogP contribution in [0, 0.1) is 0 Å². The molecule has 0 saturated heterocycles. The van der Waals surface area contributed by atoms with Crippen molar-refractivity contribution in [3.05, 3.63) is 24.3 Å². The molecule has 1 heterocycles. The monoisotopic (exact) mass is 352 g/mol. The fourth-order valence-corrected chi connectivity index (χ4v) is 4.28. The van der Waals surface area contributed by atoms with Gasteiger partial charge in [-0.05, 0) is 25.0 Å². The number of nitrogens with one attached hydrogen (secondary N) is 1. The molecule has 24 heavy (non-hydrogen) atoms. The molecule has 1 saturated carbocycles. The number of anilines is 1. The molecule has 7 heteroatoms. The van der Waals surface area contributed by atoms with Gasteiger partial charge in [0.05, 0.1) is 18.5 Å². The van der Waals surface area contributed by atoms with Crippen LogP contribution in [0.4, 0.5) is 5.69 Å². The first kappa shape index (κ1) is 17.1. The van der Waals surface area contributed by atoms with E-state index in [0.717, 1.165) is 31.9 Å². The minimum absolute atomic E-state index is 0.00833. The normalized spacial score (nSPS) is 22.2. The van der Waals surface area contributed by atoms with E-state index in [2.05, 4.69) is 5.32 Å². The van der Waals surface area contributed by atoms with Crippen LogP contribution in [0.2, 0.25) is 0 Å². The van der Waals surface area contributed by atoms with Crippen LogP contribution >= 0.6 is 0 Å². The van der Waals surface area contributed by atoms with Crippen molar-refractivity contribution in [3.8, 4) is 5.75 Å². The molecule has 1 aromatic carbocycles. The van der Waals surface area contributed by atoms with E-state index in [4.69, 9.17) is 4.74 Å². The molecular formula is C17H24N2O4S. The second-order valence-corrected chi connectivity index (χ2v) is 8.47. The van der Waals surface area contributed by atoms with E-state index in [1.54, 1.807) is 24.3 Å². The lowest BCUT2D eigenvalue weighted by molar-refractivity contribution is -0.128. The average Bonchev–Trinajstić information content (AvgIpc) is 2.81. The summed E-state index contributed by atoms with van der Waals surface area (Å²) in [5, 5.41) is 3.05. The molecule has 0 bridgehead atoms. The van der Waals surface area contributed by atoms with Gasteiger partial charge >= 0.3 is 0 Å². The number of amides is 1. The van der Waals surface area contributed by atoms with Crippen LogP contribution in [-0.4, -0.2) is 39.3 Å². The fourth-order valence-electron chi connectivity index (χ4n) is 3.37. The van der Waals surface area contributed by atoms with Crippen LogP contribution in [0.5, 0.6) is 5.75 Å². The van der Waals surface area contributed by atoms with Gasteiger partial charge in [0.25, 0.3) is 5.91 Å². The number of hydrogen-bond acceptors (Lipinski definition) is 4. The van der Waals surface area contributed by atoms with Crippen molar-refractivity contribution in [2.24, 2.45) is 0 Å². The van der Waals surface area contributed by atoms with E-state index in [1.165, 1.54) is 17.1 Å². The van der Waals surface area contributed by atoms with Crippen molar-refractivity contribution < 1.29 is 17.9 Å².